The van der Waals surface area contributed by atoms with Gasteiger partial charge in [-0.2, -0.15) is 0 Å². The van der Waals surface area contributed by atoms with Crippen molar-refractivity contribution in [1.29, 1.82) is 0 Å². The first-order chi connectivity index (χ1) is 39.8. The Bertz CT molecular complexity index is 2790. The molecule has 0 aliphatic rings. The van der Waals surface area contributed by atoms with Gasteiger partial charge in [0.25, 0.3) is 0 Å². The second-order valence-electron chi connectivity index (χ2n) is 28.3. The summed E-state index contributed by atoms with van der Waals surface area (Å²) in [7, 11) is -30.4. The van der Waals surface area contributed by atoms with Crippen LogP contribution in [0.5, 0.6) is 0 Å². The van der Waals surface area contributed by atoms with Crippen LogP contribution in [0.25, 0.3) is 0 Å². The van der Waals surface area contributed by atoms with Gasteiger partial charge in [-0.3, -0.25) is 10.6 Å². The number of urea groups is 1. The van der Waals surface area contributed by atoms with E-state index in [9.17, 15) is 29.7 Å². The summed E-state index contributed by atoms with van der Waals surface area (Å²) < 4.78 is 77.9. The molecule has 0 saturated carbocycles. The zero-order valence-corrected chi connectivity index (χ0v) is 69.4. The number of aliphatic hydroxyl groups excluding tert-OH is 3. The highest BCUT2D eigenvalue weighted by atomic mass is 28.5. The standard InChI is InChI=1S/C54H108N4O18Si12/c1-58(32-33-59)52(62)55-49-30-26-28-45(37-49)34-47-36-48(40-51(39-47)57-54(64)66-44-80(8,9)70-84(16,17)74-88(24,25)76-86(20,21)72-82(12,13)68-78(4,5)42-61)35-46-29-27-31-50(38-46)56-53(63)65-43-79(6,7)69-83(14,15)73-87(22,23)75-85(18,19)71-81(10,11)67-77(2,3)41-60/h26-31,36-40,59-61H,32-35,41-44H2,1-25H3,(H,55,62)(H,56,63)(H,57,64). The van der Waals surface area contributed by atoms with E-state index in [-0.39, 0.29) is 44.1 Å². The topological polar surface area (TPSA) is 262 Å². The lowest BCUT2D eigenvalue weighted by molar-refractivity contribution is 0.172. The number of ether oxygens (including phenoxy) is 2. The van der Waals surface area contributed by atoms with Crippen LogP contribution in [-0.2, 0) is 63.5 Å². The van der Waals surface area contributed by atoms with Crippen LogP contribution in [0.1, 0.15) is 22.3 Å². The molecule has 22 nitrogen and oxygen atoms in total. The van der Waals surface area contributed by atoms with Gasteiger partial charge in [0.05, 0.1) is 19.1 Å². The highest BCUT2D eigenvalue weighted by Gasteiger charge is 2.49. The first kappa shape index (κ1) is 79.8. The number of hydrogen-bond acceptors (Lipinski definition) is 18. The summed E-state index contributed by atoms with van der Waals surface area (Å²) in [5.41, 5.74) is 5.12. The molecule has 0 aliphatic heterocycles. The molecule has 0 aliphatic carbocycles. The van der Waals surface area contributed by atoms with Crippen molar-refractivity contribution in [2.45, 2.75) is 170 Å². The molecule has 3 rings (SSSR count). The largest absolute Gasteiger partial charge is 0.450 e. The van der Waals surface area contributed by atoms with Crippen LogP contribution in [0.2, 0.25) is 157 Å². The molecule has 0 aromatic heterocycles. The van der Waals surface area contributed by atoms with Crippen LogP contribution in [0.15, 0.2) is 66.7 Å². The molecule has 0 saturated heterocycles. The minimum absolute atomic E-state index is 0.00125. The molecule has 88 heavy (non-hydrogen) atoms. The summed E-state index contributed by atoms with van der Waals surface area (Å²) in [6, 6.07) is 20.4. The van der Waals surface area contributed by atoms with Crippen molar-refractivity contribution in [2.75, 3.05) is 61.1 Å². The van der Waals surface area contributed by atoms with Crippen molar-refractivity contribution in [2.24, 2.45) is 0 Å². The van der Waals surface area contributed by atoms with E-state index in [4.69, 9.17) is 50.6 Å². The smallest absolute Gasteiger partial charge is 0.411 e. The molecule has 0 heterocycles. The predicted molar refractivity (Wildman–Crippen MR) is 378 cm³/mol. The number of nitrogens with one attached hydrogen (secondary N) is 3. The average Bonchev–Trinajstić information content (AvgIpc) is 2.92. The first-order valence-electron chi connectivity index (χ1n) is 29.8. The average molecular weight is 1440 g/mol. The molecule has 0 radical (unpaired) electrons. The molecule has 4 amide bonds. The molecule has 0 unspecified atom stereocenters. The van der Waals surface area contributed by atoms with Crippen molar-refractivity contribution < 1.29 is 80.3 Å². The van der Waals surface area contributed by atoms with Crippen molar-refractivity contribution in [3.8, 4) is 0 Å². The molecule has 0 spiro atoms. The zero-order chi connectivity index (χ0) is 67.4. The van der Waals surface area contributed by atoms with E-state index in [1.807, 2.05) is 206 Å². The lowest BCUT2D eigenvalue weighted by Crippen LogP contribution is -2.60. The molecule has 34 heteroatoms. The Hall–Kier alpha value is -2.45. The number of carbonyl (C=O) groups excluding carboxylic acids is 3. The Labute approximate surface area is 538 Å². The molecular weight excluding hydrogens is 1330 g/mol. The fourth-order valence-electron chi connectivity index (χ4n) is 10.8. The molecule has 0 atom stereocenters. The molecule has 0 bridgehead atoms. The molecule has 0 fully saturated rings. The van der Waals surface area contributed by atoms with E-state index in [0.717, 1.165) is 22.3 Å². The number of carbonyl (C=O) groups is 3. The van der Waals surface area contributed by atoms with Crippen molar-refractivity contribution >= 4 is 137 Å². The molecule has 3 aromatic carbocycles. The fourth-order valence-corrected chi connectivity index (χ4v) is 66.8. The van der Waals surface area contributed by atoms with Crippen LogP contribution in [0.3, 0.4) is 0 Å². The van der Waals surface area contributed by atoms with Gasteiger partial charge in [-0.25, -0.2) is 14.4 Å². The van der Waals surface area contributed by atoms with Crippen molar-refractivity contribution in [1.82, 2.24) is 4.90 Å². The molecule has 3 aromatic rings. The minimum atomic E-state index is -2.87. The van der Waals surface area contributed by atoms with Crippen molar-refractivity contribution in [3.05, 3.63) is 89.0 Å². The third-order valence-electron chi connectivity index (χ3n) is 12.2. The van der Waals surface area contributed by atoms with E-state index in [1.165, 1.54) is 4.90 Å². The van der Waals surface area contributed by atoms with Gasteiger partial charge in [0, 0.05) is 30.7 Å². The van der Waals surface area contributed by atoms with E-state index < -0.39 is 114 Å². The van der Waals surface area contributed by atoms with Crippen LogP contribution in [0, 0.1) is 0 Å². The third kappa shape index (κ3) is 31.5. The van der Waals surface area contributed by atoms with E-state index in [0.29, 0.717) is 29.9 Å². The number of amides is 4. The Morgan fingerprint density at radius 2 is 0.659 bits per heavy atom. The Kier molecular flexibility index (Phi) is 28.7. The highest BCUT2D eigenvalue weighted by Crippen LogP contribution is 2.31. The van der Waals surface area contributed by atoms with Crippen molar-refractivity contribution in [3.63, 3.8) is 0 Å². The lowest BCUT2D eigenvalue weighted by atomic mass is 9.98. The summed E-state index contributed by atoms with van der Waals surface area (Å²) >= 11 is 0. The number of benzene rings is 3. The maximum atomic E-state index is 13.8. The lowest BCUT2D eigenvalue weighted by Gasteiger charge is -2.43. The second kappa shape index (κ2) is 31.7. The normalized spacial score (nSPS) is 13.7. The van der Waals surface area contributed by atoms with Gasteiger partial charge in [0.1, 0.15) is 12.5 Å². The number of hydrogen-bond donors (Lipinski definition) is 6. The second-order valence-corrected chi connectivity index (χ2v) is 74.2. The Balaban J connectivity index is 1.78. The van der Waals surface area contributed by atoms with Gasteiger partial charge in [0.15, 0.2) is 0 Å². The van der Waals surface area contributed by atoms with Gasteiger partial charge in [0.2, 0.25) is 33.3 Å². The number of rotatable bonds is 35. The number of aliphatic hydroxyl groups is 3. The number of likely N-dealkylation sites (N-methyl/N-ethyl adjacent to an activating group) is 1. The molecule has 6 N–H and O–H groups in total. The number of anilines is 3. The van der Waals surface area contributed by atoms with Crippen LogP contribution >= 0.6 is 0 Å². The zero-order valence-electron chi connectivity index (χ0n) is 57.4. The van der Waals surface area contributed by atoms with Gasteiger partial charge < -0.3 is 76.2 Å². The SMILES string of the molecule is CN(CCO)C(=O)Nc1cccc(Cc2cc(Cc3cccc(NC(=O)OC[Si](C)(C)O[Si](C)(C)O[Si](C)(C)O[Si](C)(C)O[Si](C)(C)O[Si](C)(C)CO)c3)cc(NC(=O)OC[Si](C)(C)O[Si](C)(C)O[Si](C)(C)O[Si](C)(C)O[Si](C)(C)O[Si](C)(C)CO)c2)c1. The van der Waals surface area contributed by atoms with Gasteiger partial charge in [-0.15, -0.1) is 0 Å². The monoisotopic (exact) mass is 1440 g/mol. The predicted octanol–water partition coefficient (Wildman–Crippen LogP) is 12.2. The molecular formula is C54H108N4O18Si12. The van der Waals surface area contributed by atoms with E-state index in [1.54, 1.807) is 19.2 Å². The summed E-state index contributed by atoms with van der Waals surface area (Å²) in [6.45, 7) is 47.5. The number of nitrogens with zero attached hydrogens (tertiary/aromatic N) is 1. The highest BCUT2D eigenvalue weighted by molar-refractivity contribution is 6.93. The Morgan fingerprint density at radius 1 is 0.375 bits per heavy atom. The first-order valence-corrected chi connectivity index (χ1v) is 64.8. The third-order valence-corrected chi connectivity index (χ3v) is 55.7. The molecule has 500 valence electrons. The summed E-state index contributed by atoms with van der Waals surface area (Å²) in [5, 5.41) is 37.8. The van der Waals surface area contributed by atoms with Gasteiger partial charge in [-0.05, 0) is 229 Å². The van der Waals surface area contributed by atoms with Gasteiger partial charge >= 0.3 is 86.7 Å². The fraction of sp³-hybridized carbons (Fsp3) is 0.611. The van der Waals surface area contributed by atoms with Crippen LogP contribution in [-0.4, -0.2) is 185 Å². The maximum Gasteiger partial charge on any atom is 0.411 e. The quantitative estimate of drug-likeness (QED) is 0.0299. The van der Waals surface area contributed by atoms with E-state index in [2.05, 4.69) is 22.0 Å². The minimum Gasteiger partial charge on any atom is -0.450 e. The summed E-state index contributed by atoms with van der Waals surface area (Å²) in [6.07, 6.45) is -0.293. The van der Waals surface area contributed by atoms with Crippen LogP contribution < -0.4 is 16.0 Å². The van der Waals surface area contributed by atoms with Crippen LogP contribution in [0.4, 0.5) is 31.4 Å². The summed E-state index contributed by atoms with van der Waals surface area (Å²) in [5.74, 6) is 0. The van der Waals surface area contributed by atoms with Gasteiger partial charge in [-0.1, -0.05) is 30.3 Å². The summed E-state index contributed by atoms with van der Waals surface area (Å²) in [4.78, 5) is 41.4. The Morgan fingerprint density at radius 3 is 0.977 bits per heavy atom. The maximum absolute atomic E-state index is 13.8. The van der Waals surface area contributed by atoms with E-state index >= 15 is 0 Å².